The Bertz CT molecular complexity index is 218. The Balaban J connectivity index is 2.33. The molecule has 12 heavy (non-hydrogen) atoms. The van der Waals surface area contributed by atoms with Crippen molar-refractivity contribution in [2.75, 3.05) is 7.05 Å². The van der Waals surface area contributed by atoms with Gasteiger partial charge in [0.25, 0.3) is 5.91 Å². The van der Waals surface area contributed by atoms with E-state index in [0.717, 1.165) is 0 Å². The van der Waals surface area contributed by atoms with Gasteiger partial charge in [0.15, 0.2) is 0 Å². The summed E-state index contributed by atoms with van der Waals surface area (Å²) in [5.41, 5.74) is 0. The fraction of sp³-hybridized carbons (Fsp3) is 0.500. The monoisotopic (exact) mass is 171 g/mol. The summed E-state index contributed by atoms with van der Waals surface area (Å²) in [6, 6.07) is -0.546. The highest BCUT2D eigenvalue weighted by molar-refractivity contribution is 5.97. The fourth-order valence-electron chi connectivity index (χ4n) is 0.708. The predicted molar refractivity (Wildman–Crippen MR) is 40.6 cm³/mol. The van der Waals surface area contributed by atoms with Crippen molar-refractivity contribution in [3.8, 4) is 0 Å². The number of urea groups is 1. The van der Waals surface area contributed by atoms with Gasteiger partial charge in [0, 0.05) is 19.7 Å². The molecule has 0 aliphatic carbocycles. The van der Waals surface area contributed by atoms with Gasteiger partial charge in [0.1, 0.15) is 0 Å². The molecule has 0 aromatic carbocycles. The van der Waals surface area contributed by atoms with Gasteiger partial charge in [-0.3, -0.25) is 10.1 Å². The van der Waals surface area contributed by atoms with Crippen LogP contribution in [-0.2, 0) is 9.63 Å². The van der Waals surface area contributed by atoms with Crippen LogP contribution in [0.1, 0.15) is 6.42 Å². The minimum absolute atomic E-state index is 0.406. The Hall–Kier alpha value is -1.59. The maximum atomic E-state index is 11.0. The van der Waals surface area contributed by atoms with E-state index in [1.165, 1.54) is 13.3 Å². The Kier molecular flexibility index (Phi) is 2.62. The zero-order valence-corrected chi connectivity index (χ0v) is 6.53. The first kappa shape index (κ1) is 8.51. The van der Waals surface area contributed by atoms with Crippen LogP contribution in [0.3, 0.4) is 0 Å². The highest BCUT2D eigenvalue weighted by atomic mass is 16.6. The minimum Gasteiger partial charge on any atom is -0.382 e. The molecular formula is C6H9N3O3. The fourth-order valence-corrected chi connectivity index (χ4v) is 0.708. The van der Waals surface area contributed by atoms with Gasteiger partial charge in [-0.15, -0.1) is 0 Å². The predicted octanol–water partition coefficient (Wildman–Crippen LogP) is -0.783. The molecule has 0 saturated heterocycles. The van der Waals surface area contributed by atoms with Crippen molar-refractivity contribution < 1.29 is 14.4 Å². The van der Waals surface area contributed by atoms with Gasteiger partial charge < -0.3 is 10.2 Å². The van der Waals surface area contributed by atoms with E-state index in [2.05, 4.69) is 20.6 Å². The topological polar surface area (TPSA) is 79.8 Å². The molecule has 2 N–H and O–H groups in total. The van der Waals surface area contributed by atoms with Gasteiger partial charge in [0.05, 0.1) is 0 Å². The number of oxime groups is 1. The molecule has 1 heterocycles. The number of rotatable bonds is 1. The number of hydrogen-bond acceptors (Lipinski definition) is 4. The van der Waals surface area contributed by atoms with Gasteiger partial charge in [0.2, 0.25) is 6.10 Å². The molecule has 6 heteroatoms. The van der Waals surface area contributed by atoms with Crippen molar-refractivity contribution in [1.82, 2.24) is 10.6 Å². The quantitative estimate of drug-likeness (QED) is 0.543. The summed E-state index contributed by atoms with van der Waals surface area (Å²) in [4.78, 5) is 26.3. The van der Waals surface area contributed by atoms with Crippen LogP contribution in [0.25, 0.3) is 0 Å². The number of carbonyl (C=O) groups excluding carboxylic acids is 2. The van der Waals surface area contributed by atoms with Gasteiger partial charge in [-0.2, -0.15) is 0 Å². The van der Waals surface area contributed by atoms with Gasteiger partial charge in [-0.25, -0.2) is 4.79 Å². The zero-order valence-electron chi connectivity index (χ0n) is 6.53. The maximum Gasteiger partial charge on any atom is 0.321 e. The lowest BCUT2D eigenvalue weighted by atomic mass is 10.2. The van der Waals surface area contributed by atoms with Crippen LogP contribution in [0.4, 0.5) is 4.79 Å². The number of hydrogen-bond donors (Lipinski definition) is 2. The first-order chi connectivity index (χ1) is 5.74. The Morgan fingerprint density at radius 2 is 2.42 bits per heavy atom. The summed E-state index contributed by atoms with van der Waals surface area (Å²) < 4.78 is 0. The molecule has 0 aromatic rings. The van der Waals surface area contributed by atoms with E-state index in [1.54, 1.807) is 0 Å². The molecule has 0 fully saturated rings. The Morgan fingerprint density at radius 1 is 1.67 bits per heavy atom. The first-order valence-corrected chi connectivity index (χ1v) is 3.44. The molecule has 0 radical (unpaired) electrons. The lowest BCUT2D eigenvalue weighted by molar-refractivity contribution is -0.129. The van der Waals surface area contributed by atoms with Gasteiger partial charge in [-0.1, -0.05) is 5.16 Å². The standard InChI is InChI=1S/C6H9N3O3/c1-7-6(11)9-5(10)4-2-3-8-12-4/h3-4H,2H2,1H3,(H2,7,9,10,11). The third-order valence-corrected chi connectivity index (χ3v) is 1.34. The summed E-state index contributed by atoms with van der Waals surface area (Å²) in [6.45, 7) is 0. The highest BCUT2D eigenvalue weighted by Crippen LogP contribution is 2.03. The van der Waals surface area contributed by atoms with Crippen LogP contribution in [0.2, 0.25) is 0 Å². The molecule has 1 aliphatic rings. The first-order valence-electron chi connectivity index (χ1n) is 3.44. The van der Waals surface area contributed by atoms with Crippen molar-refractivity contribution in [2.24, 2.45) is 5.16 Å². The van der Waals surface area contributed by atoms with E-state index < -0.39 is 18.0 Å². The number of imide groups is 1. The molecule has 0 aromatic heterocycles. The molecule has 66 valence electrons. The van der Waals surface area contributed by atoms with E-state index in [-0.39, 0.29) is 0 Å². The van der Waals surface area contributed by atoms with Crippen molar-refractivity contribution >= 4 is 18.2 Å². The third-order valence-electron chi connectivity index (χ3n) is 1.34. The van der Waals surface area contributed by atoms with Crippen molar-refractivity contribution in [2.45, 2.75) is 12.5 Å². The average Bonchev–Trinajstić information content (AvgIpc) is 2.56. The van der Waals surface area contributed by atoms with Crippen LogP contribution in [0, 0.1) is 0 Å². The molecule has 0 saturated carbocycles. The number of nitrogens with zero attached hydrogens (tertiary/aromatic N) is 1. The third kappa shape index (κ3) is 1.94. The molecule has 1 atom stereocenters. The minimum atomic E-state index is -0.665. The Morgan fingerprint density at radius 3 is 2.92 bits per heavy atom. The van der Waals surface area contributed by atoms with Gasteiger partial charge >= 0.3 is 6.03 Å². The molecular weight excluding hydrogens is 162 g/mol. The van der Waals surface area contributed by atoms with Crippen LogP contribution in [-0.4, -0.2) is 31.3 Å². The second kappa shape index (κ2) is 3.70. The molecule has 1 unspecified atom stereocenters. The van der Waals surface area contributed by atoms with E-state index in [4.69, 9.17) is 0 Å². The lowest BCUT2D eigenvalue weighted by Crippen LogP contribution is -2.42. The molecule has 1 rings (SSSR count). The van der Waals surface area contributed by atoms with E-state index in [1.807, 2.05) is 0 Å². The largest absolute Gasteiger partial charge is 0.382 e. The summed E-state index contributed by atoms with van der Waals surface area (Å²) in [7, 11) is 1.43. The number of carbonyl (C=O) groups is 2. The zero-order chi connectivity index (χ0) is 8.97. The average molecular weight is 171 g/mol. The van der Waals surface area contributed by atoms with E-state index >= 15 is 0 Å². The normalized spacial score (nSPS) is 19.9. The second-order valence-electron chi connectivity index (χ2n) is 2.19. The molecule has 0 bridgehead atoms. The number of nitrogens with one attached hydrogen (secondary N) is 2. The summed E-state index contributed by atoms with van der Waals surface area (Å²) in [5.74, 6) is -0.480. The maximum absolute atomic E-state index is 11.0. The van der Waals surface area contributed by atoms with E-state index in [0.29, 0.717) is 6.42 Å². The van der Waals surface area contributed by atoms with E-state index in [9.17, 15) is 9.59 Å². The van der Waals surface area contributed by atoms with Crippen LogP contribution in [0.5, 0.6) is 0 Å². The summed E-state index contributed by atoms with van der Waals surface area (Å²) in [5, 5.41) is 7.73. The second-order valence-corrected chi connectivity index (χ2v) is 2.19. The number of amides is 3. The summed E-state index contributed by atoms with van der Waals surface area (Å²) >= 11 is 0. The SMILES string of the molecule is CNC(=O)NC(=O)C1CC=NO1. The van der Waals surface area contributed by atoms with Crippen molar-refractivity contribution in [1.29, 1.82) is 0 Å². The molecule has 6 nitrogen and oxygen atoms in total. The molecule has 0 spiro atoms. The molecule has 1 aliphatic heterocycles. The highest BCUT2D eigenvalue weighted by Gasteiger charge is 2.23. The van der Waals surface area contributed by atoms with Gasteiger partial charge in [-0.05, 0) is 0 Å². The van der Waals surface area contributed by atoms with Crippen molar-refractivity contribution in [3.63, 3.8) is 0 Å². The van der Waals surface area contributed by atoms with Crippen LogP contribution in [0.15, 0.2) is 5.16 Å². The smallest absolute Gasteiger partial charge is 0.321 e. The Labute approximate surface area is 68.9 Å². The summed E-state index contributed by atoms with van der Waals surface area (Å²) in [6.07, 6.45) is 1.22. The van der Waals surface area contributed by atoms with Crippen LogP contribution < -0.4 is 10.6 Å². The lowest BCUT2D eigenvalue weighted by Gasteiger charge is -2.06. The molecule has 3 amide bonds. The van der Waals surface area contributed by atoms with Crippen molar-refractivity contribution in [3.05, 3.63) is 0 Å². The van der Waals surface area contributed by atoms with Crippen LogP contribution >= 0.6 is 0 Å².